The number of ether oxygens (including phenoxy) is 1. The van der Waals surface area contributed by atoms with E-state index in [1.54, 1.807) is 5.38 Å². The third-order valence-electron chi connectivity index (χ3n) is 2.46. The zero-order valence-electron chi connectivity index (χ0n) is 7.78. The van der Waals surface area contributed by atoms with Crippen molar-refractivity contribution in [2.75, 3.05) is 0 Å². The van der Waals surface area contributed by atoms with Crippen LogP contribution in [0.15, 0.2) is 5.38 Å². The third-order valence-corrected chi connectivity index (χ3v) is 3.51. The maximum atomic E-state index is 5.95. The number of aromatic nitrogens is 1. The monoisotopic (exact) mass is 232 g/mol. The number of hydrogen-bond donors (Lipinski definition) is 1. The summed E-state index contributed by atoms with van der Waals surface area (Å²) < 4.78 is 5.69. The second-order valence-electron chi connectivity index (χ2n) is 3.54. The lowest BCUT2D eigenvalue weighted by Gasteiger charge is -2.27. The van der Waals surface area contributed by atoms with Crippen molar-refractivity contribution in [1.29, 1.82) is 0 Å². The molecule has 14 heavy (non-hydrogen) atoms. The molecule has 78 valence electrons. The molecule has 1 aliphatic carbocycles. The molecular formula is C9H13ClN2OS. The molecule has 1 aromatic heterocycles. The van der Waals surface area contributed by atoms with Crippen molar-refractivity contribution < 1.29 is 4.74 Å². The Bertz CT molecular complexity index is 305. The van der Waals surface area contributed by atoms with Gasteiger partial charge in [-0.2, -0.15) is 4.98 Å². The van der Waals surface area contributed by atoms with Gasteiger partial charge in [0.2, 0.25) is 0 Å². The van der Waals surface area contributed by atoms with Crippen LogP contribution in [0.2, 0.25) is 5.15 Å². The summed E-state index contributed by atoms with van der Waals surface area (Å²) in [6.45, 7) is 0. The van der Waals surface area contributed by atoms with Gasteiger partial charge >= 0.3 is 0 Å². The molecule has 1 aromatic rings. The standard InChI is InChI=1S/C9H13ClN2OS/c10-8-5-14-9(12-8)13-7-4-2-1-3-6(7)11/h5-7H,1-4,11H2. The molecule has 1 heterocycles. The predicted molar refractivity (Wildman–Crippen MR) is 58.0 cm³/mol. The summed E-state index contributed by atoms with van der Waals surface area (Å²) in [5.41, 5.74) is 5.95. The molecule has 0 amide bonds. The number of hydrogen-bond acceptors (Lipinski definition) is 4. The Balaban J connectivity index is 1.95. The molecule has 2 N–H and O–H groups in total. The quantitative estimate of drug-likeness (QED) is 0.852. The average Bonchev–Trinajstić information content (AvgIpc) is 2.56. The molecule has 1 aliphatic rings. The van der Waals surface area contributed by atoms with Gasteiger partial charge < -0.3 is 10.5 Å². The number of nitrogens with zero attached hydrogens (tertiary/aromatic N) is 1. The van der Waals surface area contributed by atoms with E-state index in [-0.39, 0.29) is 12.1 Å². The summed E-state index contributed by atoms with van der Waals surface area (Å²) in [6.07, 6.45) is 4.59. The molecule has 0 aromatic carbocycles. The fourth-order valence-electron chi connectivity index (χ4n) is 1.69. The van der Waals surface area contributed by atoms with Crippen LogP contribution in [0.1, 0.15) is 25.7 Å². The minimum absolute atomic E-state index is 0.117. The molecule has 1 fully saturated rings. The molecule has 0 radical (unpaired) electrons. The highest BCUT2D eigenvalue weighted by Gasteiger charge is 2.24. The smallest absolute Gasteiger partial charge is 0.274 e. The van der Waals surface area contributed by atoms with Crippen LogP contribution in [-0.4, -0.2) is 17.1 Å². The summed E-state index contributed by atoms with van der Waals surface area (Å²) in [5, 5.41) is 2.90. The van der Waals surface area contributed by atoms with E-state index in [0.717, 1.165) is 12.8 Å². The average molecular weight is 233 g/mol. The van der Waals surface area contributed by atoms with Crippen molar-refractivity contribution >= 4 is 22.9 Å². The summed E-state index contributed by atoms with van der Waals surface area (Å²) in [6, 6.07) is 0.145. The molecule has 0 bridgehead atoms. The van der Waals surface area contributed by atoms with Crippen LogP contribution in [0, 0.1) is 0 Å². The maximum Gasteiger partial charge on any atom is 0.274 e. The van der Waals surface area contributed by atoms with Crippen molar-refractivity contribution in [3.8, 4) is 5.19 Å². The largest absolute Gasteiger partial charge is 0.465 e. The van der Waals surface area contributed by atoms with Gasteiger partial charge in [-0.1, -0.05) is 29.4 Å². The van der Waals surface area contributed by atoms with Gasteiger partial charge in [0.15, 0.2) is 0 Å². The Morgan fingerprint density at radius 3 is 2.93 bits per heavy atom. The Labute approximate surface area is 92.2 Å². The van der Waals surface area contributed by atoms with Gasteiger partial charge in [0, 0.05) is 11.4 Å². The van der Waals surface area contributed by atoms with E-state index in [1.165, 1.54) is 24.2 Å². The molecule has 5 heteroatoms. The molecule has 2 rings (SSSR count). The zero-order valence-corrected chi connectivity index (χ0v) is 9.35. The summed E-state index contributed by atoms with van der Waals surface area (Å²) in [5.74, 6) is 0. The lowest BCUT2D eigenvalue weighted by Crippen LogP contribution is -2.41. The highest BCUT2D eigenvalue weighted by molar-refractivity contribution is 7.11. The highest BCUT2D eigenvalue weighted by Crippen LogP contribution is 2.26. The van der Waals surface area contributed by atoms with Crippen molar-refractivity contribution in [2.45, 2.75) is 37.8 Å². The Hall–Kier alpha value is -0.320. The lowest BCUT2D eigenvalue weighted by molar-refractivity contribution is 0.132. The van der Waals surface area contributed by atoms with E-state index in [2.05, 4.69) is 4.98 Å². The fraction of sp³-hybridized carbons (Fsp3) is 0.667. The third kappa shape index (κ3) is 2.38. The van der Waals surface area contributed by atoms with Crippen LogP contribution in [0.25, 0.3) is 0 Å². The van der Waals surface area contributed by atoms with E-state index >= 15 is 0 Å². The van der Waals surface area contributed by atoms with Gasteiger partial charge in [-0.25, -0.2) is 0 Å². The first-order valence-electron chi connectivity index (χ1n) is 4.79. The van der Waals surface area contributed by atoms with E-state index in [4.69, 9.17) is 22.1 Å². The van der Waals surface area contributed by atoms with Crippen molar-refractivity contribution in [3.63, 3.8) is 0 Å². The van der Waals surface area contributed by atoms with Crippen molar-refractivity contribution in [2.24, 2.45) is 5.73 Å². The first-order valence-corrected chi connectivity index (χ1v) is 6.05. The first kappa shape index (κ1) is 10.2. The van der Waals surface area contributed by atoms with Gasteiger partial charge in [0.05, 0.1) is 0 Å². The summed E-state index contributed by atoms with van der Waals surface area (Å²) >= 11 is 7.13. The molecule has 1 saturated carbocycles. The van der Waals surface area contributed by atoms with Crippen LogP contribution in [0.4, 0.5) is 0 Å². The summed E-state index contributed by atoms with van der Waals surface area (Å²) in [7, 11) is 0. The molecule has 0 aliphatic heterocycles. The molecular weight excluding hydrogens is 220 g/mol. The second-order valence-corrected chi connectivity index (χ2v) is 4.75. The van der Waals surface area contributed by atoms with Crippen LogP contribution >= 0.6 is 22.9 Å². The predicted octanol–water partition coefficient (Wildman–Crippen LogP) is 2.45. The second kappa shape index (κ2) is 4.47. The van der Waals surface area contributed by atoms with Crippen molar-refractivity contribution in [1.82, 2.24) is 4.98 Å². The Morgan fingerprint density at radius 2 is 2.29 bits per heavy atom. The Kier molecular flexibility index (Phi) is 3.26. The molecule has 0 spiro atoms. The fourth-order valence-corrected chi connectivity index (χ4v) is 2.54. The van der Waals surface area contributed by atoms with E-state index in [0.29, 0.717) is 10.3 Å². The van der Waals surface area contributed by atoms with Crippen LogP contribution in [0.5, 0.6) is 5.19 Å². The van der Waals surface area contributed by atoms with E-state index in [9.17, 15) is 0 Å². The van der Waals surface area contributed by atoms with E-state index < -0.39 is 0 Å². The van der Waals surface area contributed by atoms with Gasteiger partial charge in [-0.05, 0) is 19.3 Å². The zero-order chi connectivity index (χ0) is 9.97. The topological polar surface area (TPSA) is 48.1 Å². The molecule has 0 saturated heterocycles. The number of halogens is 1. The Morgan fingerprint density at radius 1 is 1.50 bits per heavy atom. The van der Waals surface area contributed by atoms with Crippen LogP contribution in [0.3, 0.4) is 0 Å². The van der Waals surface area contributed by atoms with E-state index in [1.807, 2.05) is 0 Å². The first-order chi connectivity index (χ1) is 6.75. The van der Waals surface area contributed by atoms with Gasteiger partial charge in [-0.3, -0.25) is 0 Å². The highest BCUT2D eigenvalue weighted by atomic mass is 35.5. The van der Waals surface area contributed by atoms with Crippen molar-refractivity contribution in [3.05, 3.63) is 10.5 Å². The molecule has 2 unspecified atom stereocenters. The summed E-state index contributed by atoms with van der Waals surface area (Å²) in [4.78, 5) is 4.05. The molecule has 3 nitrogen and oxygen atoms in total. The normalized spacial score (nSPS) is 27.6. The number of rotatable bonds is 2. The van der Waals surface area contributed by atoms with Crippen LogP contribution < -0.4 is 10.5 Å². The minimum Gasteiger partial charge on any atom is -0.465 e. The molecule has 2 atom stereocenters. The number of nitrogens with two attached hydrogens (primary N) is 1. The van der Waals surface area contributed by atoms with Gasteiger partial charge in [0.1, 0.15) is 11.3 Å². The number of thiazole rings is 1. The maximum absolute atomic E-state index is 5.95. The van der Waals surface area contributed by atoms with Gasteiger partial charge in [-0.15, -0.1) is 0 Å². The lowest BCUT2D eigenvalue weighted by atomic mass is 9.93. The SMILES string of the molecule is NC1CCCCC1Oc1nc(Cl)cs1. The van der Waals surface area contributed by atoms with Crippen LogP contribution in [-0.2, 0) is 0 Å². The van der Waals surface area contributed by atoms with Gasteiger partial charge in [0.25, 0.3) is 5.19 Å². The minimum atomic E-state index is 0.117.